The summed E-state index contributed by atoms with van der Waals surface area (Å²) >= 11 is 0. The molecule has 2 rings (SSSR count). The second-order valence-corrected chi connectivity index (χ2v) is 4.60. The van der Waals surface area contributed by atoms with Crippen LogP contribution in [0.15, 0.2) is 18.3 Å². The minimum atomic E-state index is 0.374. The summed E-state index contributed by atoms with van der Waals surface area (Å²) in [4.78, 5) is 4.17. The molecule has 1 aromatic rings. The Kier molecular flexibility index (Phi) is 4.78. The van der Waals surface area contributed by atoms with Gasteiger partial charge in [0.15, 0.2) is 0 Å². The molecule has 100 valence electrons. The van der Waals surface area contributed by atoms with E-state index >= 15 is 0 Å². The van der Waals surface area contributed by atoms with Crippen molar-refractivity contribution < 1.29 is 9.47 Å². The van der Waals surface area contributed by atoms with Crippen LogP contribution in [0, 0.1) is 0 Å². The first-order valence-corrected chi connectivity index (χ1v) is 6.35. The Hall–Kier alpha value is -1.33. The molecular formula is C13H21N3O2. The lowest BCUT2D eigenvalue weighted by atomic mass is 10.1. The van der Waals surface area contributed by atoms with Gasteiger partial charge in [0.1, 0.15) is 0 Å². The number of nitrogens with one attached hydrogen (secondary N) is 2. The molecule has 0 spiro atoms. The Morgan fingerprint density at radius 3 is 3.11 bits per heavy atom. The lowest BCUT2D eigenvalue weighted by Gasteiger charge is -2.27. The van der Waals surface area contributed by atoms with E-state index in [4.69, 9.17) is 9.47 Å². The summed E-state index contributed by atoms with van der Waals surface area (Å²) in [7, 11) is 1.62. The third kappa shape index (κ3) is 3.85. The van der Waals surface area contributed by atoms with Crippen LogP contribution >= 0.6 is 0 Å². The largest absolute Gasteiger partial charge is 0.481 e. The second-order valence-electron chi connectivity index (χ2n) is 4.60. The van der Waals surface area contributed by atoms with Crippen LogP contribution in [0.5, 0.6) is 5.88 Å². The summed E-state index contributed by atoms with van der Waals surface area (Å²) in [6, 6.07) is 4.65. The highest BCUT2D eigenvalue weighted by Crippen LogP contribution is 2.14. The maximum Gasteiger partial charge on any atom is 0.213 e. The highest BCUT2D eigenvalue weighted by Gasteiger charge is 2.16. The number of rotatable bonds is 5. The van der Waals surface area contributed by atoms with Crippen molar-refractivity contribution in [3.8, 4) is 5.88 Å². The predicted molar refractivity (Wildman–Crippen MR) is 71.1 cm³/mol. The average molecular weight is 251 g/mol. The number of nitrogens with zero attached hydrogens (tertiary/aromatic N) is 1. The van der Waals surface area contributed by atoms with Crippen molar-refractivity contribution in [1.29, 1.82) is 0 Å². The lowest BCUT2D eigenvalue weighted by molar-refractivity contribution is 0.0731. The van der Waals surface area contributed by atoms with Crippen LogP contribution < -0.4 is 15.4 Å². The first-order valence-electron chi connectivity index (χ1n) is 6.35. The van der Waals surface area contributed by atoms with E-state index in [-0.39, 0.29) is 0 Å². The van der Waals surface area contributed by atoms with Crippen molar-refractivity contribution in [2.24, 2.45) is 0 Å². The Labute approximate surface area is 108 Å². The number of hydrogen-bond donors (Lipinski definition) is 2. The molecule has 1 aliphatic heterocycles. The molecule has 2 heterocycles. The van der Waals surface area contributed by atoms with E-state index in [1.807, 2.05) is 12.1 Å². The second kappa shape index (κ2) is 6.56. The molecular weight excluding hydrogens is 230 g/mol. The Balaban J connectivity index is 1.80. The maximum atomic E-state index is 5.44. The fourth-order valence-corrected chi connectivity index (χ4v) is 2.13. The van der Waals surface area contributed by atoms with Gasteiger partial charge in [-0.3, -0.25) is 0 Å². The lowest BCUT2D eigenvalue weighted by Crippen LogP contribution is -2.43. The summed E-state index contributed by atoms with van der Waals surface area (Å²) < 4.78 is 10.5. The van der Waals surface area contributed by atoms with Crippen LogP contribution in [0.1, 0.15) is 13.3 Å². The van der Waals surface area contributed by atoms with Gasteiger partial charge in [0.05, 0.1) is 32.2 Å². The zero-order valence-electron chi connectivity index (χ0n) is 11.0. The molecule has 0 aromatic carbocycles. The quantitative estimate of drug-likeness (QED) is 0.825. The first-order chi connectivity index (χ1) is 8.78. The molecule has 5 heteroatoms. The number of pyridine rings is 1. The molecule has 2 N–H and O–H groups in total. The normalized spacial score (nSPS) is 21.3. The number of ether oxygens (including phenoxy) is 2. The van der Waals surface area contributed by atoms with E-state index in [1.54, 1.807) is 13.3 Å². The molecule has 2 atom stereocenters. The number of anilines is 1. The maximum absolute atomic E-state index is 5.44. The highest BCUT2D eigenvalue weighted by molar-refractivity contribution is 5.42. The van der Waals surface area contributed by atoms with Crippen molar-refractivity contribution in [3.05, 3.63) is 18.3 Å². The molecule has 1 aromatic heterocycles. The summed E-state index contributed by atoms with van der Waals surface area (Å²) in [6.45, 7) is 4.73. The van der Waals surface area contributed by atoms with E-state index in [0.717, 1.165) is 31.9 Å². The van der Waals surface area contributed by atoms with Gasteiger partial charge in [0.2, 0.25) is 5.88 Å². The van der Waals surface area contributed by atoms with E-state index in [1.165, 1.54) is 0 Å². The Morgan fingerprint density at radius 2 is 2.50 bits per heavy atom. The van der Waals surface area contributed by atoms with Crippen molar-refractivity contribution in [3.63, 3.8) is 0 Å². The van der Waals surface area contributed by atoms with Gasteiger partial charge in [-0.1, -0.05) is 0 Å². The highest BCUT2D eigenvalue weighted by atomic mass is 16.5. The fourth-order valence-electron chi connectivity index (χ4n) is 2.13. The Morgan fingerprint density at radius 1 is 1.61 bits per heavy atom. The zero-order valence-corrected chi connectivity index (χ0v) is 11.0. The smallest absolute Gasteiger partial charge is 0.213 e. The first kappa shape index (κ1) is 13.1. The van der Waals surface area contributed by atoms with E-state index < -0.39 is 0 Å². The van der Waals surface area contributed by atoms with Crippen molar-refractivity contribution in [2.75, 3.05) is 32.2 Å². The molecule has 0 aliphatic carbocycles. The summed E-state index contributed by atoms with van der Waals surface area (Å²) in [6.07, 6.45) is 2.83. The van der Waals surface area contributed by atoms with Crippen molar-refractivity contribution in [2.45, 2.75) is 25.4 Å². The van der Waals surface area contributed by atoms with Gasteiger partial charge >= 0.3 is 0 Å². The molecule has 0 amide bonds. The van der Waals surface area contributed by atoms with Gasteiger partial charge in [-0.05, 0) is 19.4 Å². The van der Waals surface area contributed by atoms with Crippen LogP contribution in [-0.2, 0) is 4.74 Å². The molecule has 2 unspecified atom stereocenters. The molecule has 0 radical (unpaired) electrons. The van der Waals surface area contributed by atoms with Gasteiger partial charge in [0.25, 0.3) is 0 Å². The zero-order chi connectivity index (χ0) is 12.8. The molecule has 1 saturated heterocycles. The molecule has 18 heavy (non-hydrogen) atoms. The molecule has 0 bridgehead atoms. The number of hydrogen-bond acceptors (Lipinski definition) is 5. The summed E-state index contributed by atoms with van der Waals surface area (Å²) in [5, 5.41) is 6.88. The number of morpholine rings is 1. The third-order valence-electron chi connectivity index (χ3n) is 3.00. The van der Waals surface area contributed by atoms with Crippen LogP contribution in [0.4, 0.5) is 5.69 Å². The molecule has 1 aliphatic rings. The monoisotopic (exact) mass is 251 g/mol. The van der Waals surface area contributed by atoms with Crippen LogP contribution in [0.25, 0.3) is 0 Å². The topological polar surface area (TPSA) is 55.4 Å². The van der Waals surface area contributed by atoms with E-state index in [9.17, 15) is 0 Å². The van der Waals surface area contributed by atoms with Gasteiger partial charge in [-0.2, -0.15) is 0 Å². The van der Waals surface area contributed by atoms with Crippen molar-refractivity contribution in [1.82, 2.24) is 10.3 Å². The van der Waals surface area contributed by atoms with Gasteiger partial charge in [0, 0.05) is 24.7 Å². The van der Waals surface area contributed by atoms with E-state index in [0.29, 0.717) is 18.0 Å². The van der Waals surface area contributed by atoms with Crippen molar-refractivity contribution >= 4 is 5.69 Å². The van der Waals surface area contributed by atoms with E-state index in [2.05, 4.69) is 22.5 Å². The SMILES string of the molecule is COc1ccc(NC(C)CC2COCCN2)cn1. The number of aromatic nitrogens is 1. The molecule has 5 nitrogen and oxygen atoms in total. The van der Waals surface area contributed by atoms with Gasteiger partial charge < -0.3 is 20.1 Å². The summed E-state index contributed by atoms with van der Waals surface area (Å²) in [5.74, 6) is 0.635. The standard InChI is InChI=1S/C13H21N3O2/c1-10(7-12-9-18-6-5-14-12)16-11-3-4-13(17-2)15-8-11/h3-4,8,10,12,14,16H,5-7,9H2,1-2H3. The fraction of sp³-hybridized carbons (Fsp3) is 0.615. The predicted octanol–water partition coefficient (Wildman–Crippen LogP) is 1.27. The minimum Gasteiger partial charge on any atom is -0.481 e. The number of methoxy groups -OCH3 is 1. The third-order valence-corrected chi connectivity index (χ3v) is 3.00. The van der Waals surface area contributed by atoms with Crippen LogP contribution in [0.3, 0.4) is 0 Å². The molecule has 0 saturated carbocycles. The Bertz CT molecular complexity index is 350. The molecule has 1 fully saturated rings. The minimum absolute atomic E-state index is 0.374. The van der Waals surface area contributed by atoms with Gasteiger partial charge in [-0.15, -0.1) is 0 Å². The van der Waals surface area contributed by atoms with Crippen LogP contribution in [-0.4, -0.2) is 43.9 Å². The van der Waals surface area contributed by atoms with Crippen LogP contribution in [0.2, 0.25) is 0 Å². The van der Waals surface area contributed by atoms with Gasteiger partial charge in [-0.25, -0.2) is 4.98 Å². The summed E-state index contributed by atoms with van der Waals surface area (Å²) in [5.41, 5.74) is 1.01. The average Bonchev–Trinajstić information content (AvgIpc) is 2.40.